The molecule has 0 aliphatic rings. The van der Waals surface area contributed by atoms with Crippen molar-refractivity contribution in [3.05, 3.63) is 53.1 Å². The van der Waals surface area contributed by atoms with E-state index in [4.69, 9.17) is 16.7 Å². The minimum atomic E-state index is -3.72. The SMILES string of the molecule is CC(=O)NC(C)c1cc(Cl)cc(-c2ccc(S(N)(=O)=O)cc2)c1. The Hall–Kier alpha value is -1.89. The van der Waals surface area contributed by atoms with Crippen molar-refractivity contribution >= 4 is 27.5 Å². The van der Waals surface area contributed by atoms with Gasteiger partial charge in [0.15, 0.2) is 0 Å². The first-order valence-corrected chi connectivity index (χ1v) is 8.80. The highest BCUT2D eigenvalue weighted by Crippen LogP contribution is 2.28. The molecule has 0 spiro atoms. The van der Waals surface area contributed by atoms with Crippen LogP contribution in [0, 0.1) is 0 Å². The highest BCUT2D eigenvalue weighted by Gasteiger charge is 2.11. The average molecular weight is 353 g/mol. The smallest absolute Gasteiger partial charge is 0.238 e. The summed E-state index contributed by atoms with van der Waals surface area (Å²) in [4.78, 5) is 11.2. The van der Waals surface area contributed by atoms with Crippen LogP contribution in [0.5, 0.6) is 0 Å². The molecular weight excluding hydrogens is 336 g/mol. The van der Waals surface area contributed by atoms with Crippen molar-refractivity contribution < 1.29 is 13.2 Å². The zero-order valence-electron chi connectivity index (χ0n) is 12.7. The molecule has 0 saturated heterocycles. The predicted molar refractivity (Wildman–Crippen MR) is 90.5 cm³/mol. The van der Waals surface area contributed by atoms with Crippen LogP contribution in [-0.4, -0.2) is 14.3 Å². The zero-order chi connectivity index (χ0) is 17.2. The van der Waals surface area contributed by atoms with Crippen molar-refractivity contribution in [1.29, 1.82) is 0 Å². The van der Waals surface area contributed by atoms with Gasteiger partial charge in [-0.25, -0.2) is 13.6 Å². The number of sulfonamides is 1. The Morgan fingerprint density at radius 3 is 2.26 bits per heavy atom. The molecule has 2 aromatic rings. The van der Waals surface area contributed by atoms with E-state index in [9.17, 15) is 13.2 Å². The number of hydrogen-bond donors (Lipinski definition) is 2. The molecule has 0 heterocycles. The highest BCUT2D eigenvalue weighted by molar-refractivity contribution is 7.89. The number of benzene rings is 2. The molecular formula is C16H17ClN2O3S. The molecule has 122 valence electrons. The maximum atomic E-state index is 11.3. The van der Waals surface area contributed by atoms with Gasteiger partial charge >= 0.3 is 0 Å². The quantitative estimate of drug-likeness (QED) is 0.886. The second kappa shape index (κ2) is 6.70. The maximum Gasteiger partial charge on any atom is 0.238 e. The third-order valence-corrected chi connectivity index (χ3v) is 4.50. The molecule has 2 rings (SSSR count). The minimum absolute atomic E-state index is 0.0510. The van der Waals surface area contributed by atoms with Crippen molar-refractivity contribution in [2.24, 2.45) is 5.14 Å². The summed E-state index contributed by atoms with van der Waals surface area (Å²) in [7, 11) is -3.72. The average Bonchev–Trinajstić information content (AvgIpc) is 2.45. The standard InChI is InChI=1S/C16H17ClN2O3S/c1-10(19-11(2)20)13-7-14(9-15(17)8-13)12-3-5-16(6-4-12)23(18,21)22/h3-10H,1-2H3,(H,19,20)(H2,18,21,22). The van der Waals surface area contributed by atoms with Crippen LogP contribution in [-0.2, 0) is 14.8 Å². The van der Waals surface area contributed by atoms with Crippen molar-refractivity contribution in [3.63, 3.8) is 0 Å². The highest BCUT2D eigenvalue weighted by atomic mass is 35.5. The Balaban J connectivity index is 2.40. The number of nitrogens with two attached hydrogens (primary N) is 1. The number of hydrogen-bond acceptors (Lipinski definition) is 3. The first-order chi connectivity index (χ1) is 10.7. The Labute approximate surface area is 140 Å². The van der Waals surface area contributed by atoms with Gasteiger partial charge in [-0.05, 0) is 53.9 Å². The number of nitrogens with one attached hydrogen (secondary N) is 1. The fourth-order valence-electron chi connectivity index (χ4n) is 2.25. The largest absolute Gasteiger partial charge is 0.350 e. The van der Waals surface area contributed by atoms with Crippen LogP contribution >= 0.6 is 11.6 Å². The van der Waals surface area contributed by atoms with Crippen LogP contribution in [0.15, 0.2) is 47.4 Å². The van der Waals surface area contributed by atoms with Gasteiger partial charge in [-0.15, -0.1) is 0 Å². The Morgan fingerprint density at radius 1 is 1.13 bits per heavy atom. The van der Waals surface area contributed by atoms with E-state index in [-0.39, 0.29) is 16.8 Å². The van der Waals surface area contributed by atoms with E-state index < -0.39 is 10.0 Å². The second-order valence-corrected chi connectivity index (χ2v) is 7.26. The Morgan fingerprint density at radius 2 is 1.74 bits per heavy atom. The van der Waals surface area contributed by atoms with E-state index in [2.05, 4.69) is 5.32 Å². The van der Waals surface area contributed by atoms with Crippen molar-refractivity contribution in [2.45, 2.75) is 24.8 Å². The molecule has 2 aromatic carbocycles. The zero-order valence-corrected chi connectivity index (χ0v) is 14.3. The van der Waals surface area contributed by atoms with E-state index in [1.807, 2.05) is 13.0 Å². The summed E-state index contributed by atoms with van der Waals surface area (Å²) in [5.74, 6) is -0.128. The van der Waals surface area contributed by atoms with Crippen LogP contribution in [0.1, 0.15) is 25.5 Å². The topological polar surface area (TPSA) is 89.3 Å². The van der Waals surface area contributed by atoms with Crippen LogP contribution < -0.4 is 10.5 Å². The molecule has 0 radical (unpaired) electrons. The van der Waals surface area contributed by atoms with Gasteiger partial charge in [0.05, 0.1) is 10.9 Å². The van der Waals surface area contributed by atoms with E-state index in [1.165, 1.54) is 19.1 Å². The Bertz CT molecular complexity index is 833. The number of amides is 1. The van der Waals surface area contributed by atoms with Gasteiger partial charge < -0.3 is 5.32 Å². The van der Waals surface area contributed by atoms with Gasteiger partial charge in [0, 0.05) is 11.9 Å². The molecule has 1 unspecified atom stereocenters. The van der Waals surface area contributed by atoms with Crippen LogP contribution in [0.25, 0.3) is 11.1 Å². The number of rotatable bonds is 4. The third-order valence-electron chi connectivity index (χ3n) is 3.36. The molecule has 0 aromatic heterocycles. The lowest BCUT2D eigenvalue weighted by Crippen LogP contribution is -2.23. The Kier molecular flexibility index (Phi) is 5.09. The summed E-state index contributed by atoms with van der Waals surface area (Å²) < 4.78 is 22.6. The van der Waals surface area contributed by atoms with Gasteiger partial charge in [-0.1, -0.05) is 23.7 Å². The molecule has 0 saturated carbocycles. The molecule has 5 nitrogen and oxygen atoms in total. The second-order valence-electron chi connectivity index (χ2n) is 5.26. The summed E-state index contributed by atoms with van der Waals surface area (Å²) in [5, 5.41) is 8.42. The normalized spacial score (nSPS) is 12.7. The van der Waals surface area contributed by atoms with Gasteiger partial charge in [0.25, 0.3) is 0 Å². The monoisotopic (exact) mass is 352 g/mol. The van der Waals surface area contributed by atoms with E-state index in [0.29, 0.717) is 5.02 Å². The number of carbonyl (C=O) groups excluding carboxylic acids is 1. The minimum Gasteiger partial charge on any atom is -0.350 e. The van der Waals surface area contributed by atoms with Gasteiger partial charge in [0.2, 0.25) is 15.9 Å². The first-order valence-electron chi connectivity index (χ1n) is 6.87. The fourth-order valence-corrected chi connectivity index (χ4v) is 3.01. The summed E-state index contributed by atoms with van der Waals surface area (Å²) in [5.41, 5.74) is 2.49. The molecule has 1 amide bonds. The fraction of sp³-hybridized carbons (Fsp3) is 0.188. The molecule has 0 bridgehead atoms. The molecule has 23 heavy (non-hydrogen) atoms. The molecule has 3 N–H and O–H groups in total. The summed E-state index contributed by atoms with van der Waals surface area (Å²) >= 11 is 6.16. The molecule has 1 atom stereocenters. The molecule has 0 aliphatic heterocycles. The lowest BCUT2D eigenvalue weighted by atomic mass is 10.00. The van der Waals surface area contributed by atoms with Crippen LogP contribution in [0.4, 0.5) is 0 Å². The number of primary sulfonamides is 1. The maximum absolute atomic E-state index is 11.3. The summed E-state index contributed by atoms with van der Waals surface area (Å²) in [6.07, 6.45) is 0. The van der Waals surface area contributed by atoms with Crippen molar-refractivity contribution in [2.75, 3.05) is 0 Å². The molecule has 0 aliphatic carbocycles. The first kappa shape index (κ1) is 17.5. The summed E-state index contributed by atoms with van der Waals surface area (Å²) in [6, 6.07) is 11.5. The summed E-state index contributed by atoms with van der Waals surface area (Å²) in [6.45, 7) is 3.31. The van der Waals surface area contributed by atoms with Crippen LogP contribution in [0.3, 0.4) is 0 Å². The number of halogens is 1. The lowest BCUT2D eigenvalue weighted by molar-refractivity contribution is -0.119. The predicted octanol–water partition coefficient (Wildman–Crippen LogP) is 2.85. The van der Waals surface area contributed by atoms with Gasteiger partial charge in [-0.3, -0.25) is 4.79 Å². The number of carbonyl (C=O) groups is 1. The van der Waals surface area contributed by atoms with E-state index in [0.717, 1.165) is 16.7 Å². The van der Waals surface area contributed by atoms with Crippen molar-refractivity contribution in [1.82, 2.24) is 5.32 Å². The molecule has 7 heteroatoms. The van der Waals surface area contributed by atoms with Gasteiger partial charge in [0.1, 0.15) is 0 Å². The van der Waals surface area contributed by atoms with Crippen molar-refractivity contribution in [3.8, 4) is 11.1 Å². The lowest BCUT2D eigenvalue weighted by Gasteiger charge is -2.15. The van der Waals surface area contributed by atoms with E-state index >= 15 is 0 Å². The van der Waals surface area contributed by atoms with E-state index in [1.54, 1.807) is 24.3 Å². The van der Waals surface area contributed by atoms with Gasteiger partial charge in [-0.2, -0.15) is 0 Å². The van der Waals surface area contributed by atoms with Crippen LogP contribution in [0.2, 0.25) is 5.02 Å². The molecule has 0 fully saturated rings. The third kappa shape index (κ3) is 4.54.